The summed E-state index contributed by atoms with van der Waals surface area (Å²) < 4.78 is 0. The molecule has 0 aromatic rings. The van der Waals surface area contributed by atoms with Gasteiger partial charge in [0.2, 0.25) is 0 Å². The fourth-order valence-electron chi connectivity index (χ4n) is 0. The van der Waals surface area contributed by atoms with E-state index in [-0.39, 0.29) is 0 Å². The van der Waals surface area contributed by atoms with E-state index in [2.05, 4.69) is 13.2 Å². The van der Waals surface area contributed by atoms with Crippen molar-refractivity contribution in [2.24, 2.45) is 0 Å². The van der Waals surface area contributed by atoms with Crippen LogP contribution in [-0.2, 0) is 0 Å². The molecule has 0 unspecified atom stereocenters. The first kappa shape index (κ1) is 15.7. The number of nitriles is 3. The van der Waals surface area contributed by atoms with Gasteiger partial charge in [0.15, 0.2) is 0 Å². The van der Waals surface area contributed by atoms with Crippen molar-refractivity contribution in [1.29, 1.82) is 15.8 Å². The Morgan fingerprint density at radius 1 is 1.44 bits per heavy atom. The molecule has 0 bridgehead atoms. The zero-order valence-corrected chi connectivity index (χ0v) is 5.20. The summed E-state index contributed by atoms with van der Waals surface area (Å²) in [6.45, 7) is 8.05. The Morgan fingerprint density at radius 2 is 1.56 bits per heavy atom. The van der Waals surface area contributed by atoms with Crippen LogP contribution in [0.4, 0.5) is 0 Å². The first-order chi connectivity index (χ1) is 4.33. The van der Waals surface area contributed by atoms with Gasteiger partial charge in [0.1, 0.15) is 0 Å². The van der Waals surface area contributed by atoms with Crippen LogP contribution in [0, 0.1) is 34.5 Å². The number of nitrogens with zero attached hydrogens (tertiary/aromatic N) is 3. The SMILES string of the molecule is C#N.C=CC#N.CC#N. The van der Waals surface area contributed by atoms with Crippen LogP contribution < -0.4 is 0 Å². The van der Waals surface area contributed by atoms with Gasteiger partial charge in [-0.25, -0.2) is 5.26 Å². The second kappa shape index (κ2) is 115. The van der Waals surface area contributed by atoms with Crippen molar-refractivity contribution in [3.8, 4) is 18.7 Å². The van der Waals surface area contributed by atoms with Gasteiger partial charge in [0.05, 0.1) is 12.1 Å². The zero-order valence-electron chi connectivity index (χ0n) is 5.20. The molecule has 0 atom stereocenters. The summed E-state index contributed by atoms with van der Waals surface area (Å²) in [6, 6.07) is 3.44. The third-order valence-electron chi connectivity index (χ3n) is 0.0913. The molecule has 0 rings (SSSR count). The van der Waals surface area contributed by atoms with Crippen LogP contribution in [0.5, 0.6) is 0 Å². The van der Waals surface area contributed by atoms with Crippen LogP contribution in [0.25, 0.3) is 0 Å². The van der Waals surface area contributed by atoms with E-state index in [0.29, 0.717) is 0 Å². The lowest BCUT2D eigenvalue weighted by atomic mass is 10.8. The third kappa shape index (κ3) is 176. The number of hydrogen-bond acceptors (Lipinski definition) is 3. The molecule has 0 spiro atoms. The molecule has 3 nitrogen and oxygen atoms in total. The van der Waals surface area contributed by atoms with Crippen LogP contribution in [-0.4, -0.2) is 0 Å². The molecule has 0 aliphatic carbocycles. The smallest absolute Gasteiger partial charge is 0.0905 e. The summed E-state index contributed by atoms with van der Waals surface area (Å²) in [5.74, 6) is 0. The molecule has 0 fully saturated rings. The highest BCUT2D eigenvalue weighted by Gasteiger charge is 1.34. The monoisotopic (exact) mass is 121 g/mol. The highest BCUT2D eigenvalue weighted by Crippen LogP contribution is 1.41. The molecule has 0 aromatic heterocycles. The lowest BCUT2D eigenvalue weighted by Crippen LogP contribution is -1.23. The van der Waals surface area contributed by atoms with Crippen molar-refractivity contribution >= 4 is 0 Å². The highest BCUT2D eigenvalue weighted by atomic mass is 14.2. The van der Waals surface area contributed by atoms with Crippen LogP contribution in [0.2, 0.25) is 0 Å². The molecule has 0 aliphatic heterocycles. The van der Waals surface area contributed by atoms with Crippen molar-refractivity contribution in [2.45, 2.75) is 6.92 Å². The van der Waals surface area contributed by atoms with Crippen molar-refractivity contribution in [2.75, 3.05) is 0 Å². The Bertz CT molecular complexity index is 133. The molecule has 0 heterocycles. The third-order valence-corrected chi connectivity index (χ3v) is 0.0913. The number of allylic oxidation sites excluding steroid dienone is 1. The summed E-state index contributed by atoms with van der Waals surface area (Å²) in [5, 5.41) is 21.3. The molecular weight excluding hydrogens is 114 g/mol. The van der Waals surface area contributed by atoms with Gasteiger partial charge in [0, 0.05) is 19.6 Å². The Hall–Kier alpha value is -1.79. The van der Waals surface area contributed by atoms with Crippen LogP contribution in [0.1, 0.15) is 6.92 Å². The molecule has 3 heteroatoms. The fourth-order valence-corrected chi connectivity index (χ4v) is 0. The Morgan fingerprint density at radius 3 is 1.56 bits per heavy atom. The highest BCUT2D eigenvalue weighted by molar-refractivity contribution is 4.93. The maximum Gasteiger partial charge on any atom is 0.0905 e. The quantitative estimate of drug-likeness (QED) is 0.454. The van der Waals surface area contributed by atoms with E-state index < -0.39 is 0 Å². The molecule has 0 radical (unpaired) electrons. The van der Waals surface area contributed by atoms with Gasteiger partial charge in [-0.3, -0.25) is 0 Å². The van der Waals surface area contributed by atoms with Crippen molar-refractivity contribution in [1.82, 2.24) is 0 Å². The Kier molecular flexibility index (Phi) is 201. The average molecular weight is 121 g/mol. The van der Waals surface area contributed by atoms with Gasteiger partial charge in [0.25, 0.3) is 0 Å². The lowest BCUT2D eigenvalue weighted by molar-refractivity contribution is 1.49. The first-order valence-corrected chi connectivity index (χ1v) is 1.90. The van der Waals surface area contributed by atoms with E-state index in [1.54, 1.807) is 12.1 Å². The molecule has 0 saturated heterocycles. The van der Waals surface area contributed by atoms with Crippen molar-refractivity contribution in [3.63, 3.8) is 0 Å². The van der Waals surface area contributed by atoms with Gasteiger partial charge in [-0.15, -0.1) is 0 Å². The molecule has 9 heavy (non-hydrogen) atoms. The minimum Gasteiger partial charge on any atom is -0.202 e. The van der Waals surface area contributed by atoms with Crippen molar-refractivity contribution in [3.05, 3.63) is 12.7 Å². The predicted molar refractivity (Wildman–Crippen MR) is 33.8 cm³/mol. The van der Waals surface area contributed by atoms with Crippen LogP contribution >= 0.6 is 0 Å². The van der Waals surface area contributed by atoms with E-state index in [1.807, 2.05) is 0 Å². The van der Waals surface area contributed by atoms with Gasteiger partial charge < -0.3 is 0 Å². The Balaban J connectivity index is -0.0000000646. The normalized spacial score (nSPS) is 2.78. The van der Waals surface area contributed by atoms with Gasteiger partial charge in [-0.1, -0.05) is 6.58 Å². The lowest BCUT2D eigenvalue weighted by Gasteiger charge is -1.31. The summed E-state index contributed by atoms with van der Waals surface area (Å²) in [6.07, 6.45) is 1.18. The second-order valence-corrected chi connectivity index (χ2v) is 0.557. The summed E-state index contributed by atoms with van der Waals surface area (Å²) in [5.41, 5.74) is 0. The summed E-state index contributed by atoms with van der Waals surface area (Å²) >= 11 is 0. The molecule has 0 aromatic carbocycles. The number of rotatable bonds is 0. The standard InChI is InChI=1S/C3H3N.C2H3N.CHN/c1-2-3-4;1-2-3;1-2/h2H,1H2;1H3;1H. The Labute approximate surface area is 55.1 Å². The molecule has 0 aliphatic rings. The average Bonchev–Trinajstić information content (AvgIpc) is 1.94. The maximum absolute atomic E-state index is 7.51. The topological polar surface area (TPSA) is 71.4 Å². The van der Waals surface area contributed by atoms with E-state index >= 15 is 0 Å². The number of hydrogen-bond donors (Lipinski definition) is 0. The molecular formula is C6H7N3. The van der Waals surface area contributed by atoms with E-state index in [4.69, 9.17) is 15.8 Å². The van der Waals surface area contributed by atoms with E-state index in [9.17, 15) is 0 Å². The fraction of sp³-hybridized carbons (Fsp3) is 0.167. The van der Waals surface area contributed by atoms with E-state index in [0.717, 1.165) is 0 Å². The van der Waals surface area contributed by atoms with Crippen LogP contribution in [0.3, 0.4) is 0 Å². The maximum atomic E-state index is 7.51. The predicted octanol–water partition coefficient (Wildman–Crippen LogP) is 1.37. The first-order valence-electron chi connectivity index (χ1n) is 1.90. The molecule has 0 N–H and O–H groups in total. The van der Waals surface area contributed by atoms with E-state index in [1.165, 1.54) is 13.0 Å². The summed E-state index contributed by atoms with van der Waals surface area (Å²) in [4.78, 5) is 0. The van der Waals surface area contributed by atoms with Gasteiger partial charge >= 0.3 is 0 Å². The minimum atomic E-state index is 1.18. The largest absolute Gasteiger partial charge is 0.202 e. The van der Waals surface area contributed by atoms with Crippen LogP contribution in [0.15, 0.2) is 12.7 Å². The van der Waals surface area contributed by atoms with Crippen molar-refractivity contribution < 1.29 is 0 Å². The second-order valence-electron chi connectivity index (χ2n) is 0.557. The van der Waals surface area contributed by atoms with Gasteiger partial charge in [-0.05, 0) is 0 Å². The molecule has 0 amide bonds. The molecule has 46 valence electrons. The summed E-state index contributed by atoms with van der Waals surface area (Å²) in [7, 11) is 0. The zero-order chi connectivity index (χ0) is 8.12. The van der Waals surface area contributed by atoms with Gasteiger partial charge in [-0.2, -0.15) is 10.5 Å². The minimum absolute atomic E-state index is 1.18. The molecule has 0 saturated carbocycles.